The minimum absolute atomic E-state index is 0.181. The molecule has 3 aromatic rings. The number of hydrogen-bond acceptors (Lipinski definition) is 5. The number of unbranched alkanes of at least 4 members (excludes halogenated alkanes) is 3. The van der Waals surface area contributed by atoms with Crippen LogP contribution in [0.5, 0.6) is 5.75 Å². The van der Waals surface area contributed by atoms with Crippen LogP contribution in [0.15, 0.2) is 48.5 Å². The molecule has 0 aliphatic carbocycles. The van der Waals surface area contributed by atoms with Crippen molar-refractivity contribution in [2.24, 2.45) is 0 Å². The summed E-state index contributed by atoms with van der Waals surface area (Å²) < 4.78 is 5.77. The maximum absolute atomic E-state index is 11.7. The molecule has 6 heteroatoms. The van der Waals surface area contributed by atoms with Gasteiger partial charge in [0.25, 0.3) is 0 Å². The summed E-state index contributed by atoms with van der Waals surface area (Å²) in [6.45, 7) is 2.73. The predicted molar refractivity (Wildman–Crippen MR) is 114 cm³/mol. The molecule has 0 radical (unpaired) electrons. The minimum atomic E-state index is -1.01. The molecule has 0 aliphatic rings. The van der Waals surface area contributed by atoms with Crippen molar-refractivity contribution in [1.82, 2.24) is 4.98 Å². The van der Waals surface area contributed by atoms with Gasteiger partial charge in [0.15, 0.2) is 0 Å². The van der Waals surface area contributed by atoms with E-state index in [9.17, 15) is 15.2 Å². The lowest BCUT2D eigenvalue weighted by atomic mass is 10.1. The van der Waals surface area contributed by atoms with Gasteiger partial charge in [0.2, 0.25) is 0 Å². The molecule has 5 nitrogen and oxygen atoms in total. The first kappa shape index (κ1) is 20.6. The van der Waals surface area contributed by atoms with Crippen molar-refractivity contribution in [3.8, 4) is 33.6 Å². The summed E-state index contributed by atoms with van der Waals surface area (Å²) in [5.41, 5.74) is 2.31. The largest absolute Gasteiger partial charge is 0.492 e. The summed E-state index contributed by atoms with van der Waals surface area (Å²) >= 11 is 1.11. The van der Waals surface area contributed by atoms with Gasteiger partial charge in [-0.3, -0.25) is 0 Å². The highest BCUT2D eigenvalue weighted by atomic mass is 32.1. The fourth-order valence-corrected chi connectivity index (χ4v) is 3.89. The van der Waals surface area contributed by atoms with E-state index in [2.05, 4.69) is 18.0 Å². The molecule has 0 amide bonds. The van der Waals surface area contributed by atoms with Crippen LogP contribution < -0.4 is 4.74 Å². The average molecular weight is 407 g/mol. The van der Waals surface area contributed by atoms with Gasteiger partial charge in [-0.05, 0) is 24.6 Å². The fourth-order valence-electron chi connectivity index (χ4n) is 2.97. The van der Waals surface area contributed by atoms with Crippen molar-refractivity contribution in [2.45, 2.75) is 32.6 Å². The van der Waals surface area contributed by atoms with E-state index in [1.807, 2.05) is 36.4 Å². The van der Waals surface area contributed by atoms with Gasteiger partial charge >= 0.3 is 5.97 Å². The minimum Gasteiger partial charge on any atom is -0.492 e. The number of rotatable bonds is 9. The van der Waals surface area contributed by atoms with Crippen molar-refractivity contribution in [2.75, 3.05) is 6.61 Å². The van der Waals surface area contributed by atoms with E-state index in [1.165, 1.54) is 6.42 Å². The van der Waals surface area contributed by atoms with Crippen molar-refractivity contribution in [3.05, 3.63) is 59.0 Å². The quantitative estimate of drug-likeness (QED) is 0.440. The van der Waals surface area contributed by atoms with Gasteiger partial charge in [0, 0.05) is 11.1 Å². The zero-order valence-corrected chi connectivity index (χ0v) is 17.0. The summed E-state index contributed by atoms with van der Waals surface area (Å²) in [4.78, 5) is 16.5. The van der Waals surface area contributed by atoms with E-state index >= 15 is 0 Å². The summed E-state index contributed by atoms with van der Waals surface area (Å²) in [5.74, 6) is -0.466. The van der Waals surface area contributed by atoms with E-state index in [1.54, 1.807) is 12.1 Å². The van der Waals surface area contributed by atoms with Gasteiger partial charge in [-0.15, -0.1) is 11.3 Å². The normalized spacial score (nSPS) is 10.5. The predicted octanol–water partition coefficient (Wildman–Crippen LogP) is 6.01. The van der Waals surface area contributed by atoms with Crippen molar-refractivity contribution in [1.29, 1.82) is 5.26 Å². The van der Waals surface area contributed by atoms with Gasteiger partial charge in [0.05, 0.1) is 17.9 Å². The van der Waals surface area contributed by atoms with Crippen molar-refractivity contribution < 1.29 is 14.6 Å². The zero-order valence-electron chi connectivity index (χ0n) is 16.2. The molecule has 0 unspecified atom stereocenters. The van der Waals surface area contributed by atoms with Crippen molar-refractivity contribution in [3.63, 3.8) is 0 Å². The van der Waals surface area contributed by atoms with Gasteiger partial charge in [-0.25, -0.2) is 9.78 Å². The van der Waals surface area contributed by atoms with E-state index in [0.29, 0.717) is 34.2 Å². The number of thiazole rings is 1. The van der Waals surface area contributed by atoms with Gasteiger partial charge in [-0.2, -0.15) is 5.26 Å². The molecular formula is C23H22N2O3S. The molecule has 29 heavy (non-hydrogen) atoms. The number of nitrogens with zero attached hydrogens (tertiary/aromatic N) is 2. The smallest absolute Gasteiger partial charge is 0.348 e. The second kappa shape index (κ2) is 9.85. The molecule has 0 spiro atoms. The van der Waals surface area contributed by atoms with Crippen LogP contribution in [0, 0.1) is 11.3 Å². The number of hydrogen-bond donors (Lipinski definition) is 1. The Labute approximate surface area is 174 Å². The van der Waals surface area contributed by atoms with Gasteiger partial charge < -0.3 is 9.84 Å². The molecule has 0 fully saturated rings. The number of nitriles is 1. The first-order chi connectivity index (χ1) is 14.1. The fraction of sp³-hybridized carbons (Fsp3) is 0.261. The van der Waals surface area contributed by atoms with Crippen LogP contribution in [0.25, 0.3) is 21.8 Å². The number of ether oxygens (including phenoxy) is 1. The molecule has 1 N–H and O–H groups in total. The molecule has 0 saturated carbocycles. The van der Waals surface area contributed by atoms with Crippen LogP contribution in [-0.4, -0.2) is 22.7 Å². The summed E-state index contributed by atoms with van der Waals surface area (Å²) in [5, 5.41) is 19.7. The highest BCUT2D eigenvalue weighted by Gasteiger charge is 2.20. The molecule has 3 rings (SSSR count). The van der Waals surface area contributed by atoms with Crippen LogP contribution >= 0.6 is 11.3 Å². The summed E-state index contributed by atoms with van der Waals surface area (Å²) in [6.07, 6.45) is 4.40. The average Bonchev–Trinajstić information content (AvgIpc) is 3.20. The standard InChI is InChI=1S/C23H22N2O3S/c1-2-3-4-8-13-28-19-12-11-17(14-18(19)15-24)22-25-20(21(29-22)23(26)27)16-9-6-5-7-10-16/h5-7,9-12,14H,2-4,8,13H2,1H3,(H,26,27). The maximum atomic E-state index is 11.7. The Balaban J connectivity index is 1.87. The summed E-state index contributed by atoms with van der Waals surface area (Å²) in [7, 11) is 0. The lowest BCUT2D eigenvalue weighted by Gasteiger charge is -2.08. The Bertz CT molecular complexity index is 1020. The van der Waals surface area contributed by atoms with Crippen molar-refractivity contribution >= 4 is 17.3 Å². The third kappa shape index (κ3) is 5.01. The Morgan fingerprint density at radius 2 is 1.93 bits per heavy atom. The Kier molecular flexibility index (Phi) is 6.99. The molecule has 1 heterocycles. The maximum Gasteiger partial charge on any atom is 0.348 e. The molecule has 0 aliphatic heterocycles. The number of aromatic carboxylic acids is 1. The number of carbonyl (C=O) groups is 1. The Hall–Kier alpha value is -3.17. The molecule has 0 bridgehead atoms. The Morgan fingerprint density at radius 1 is 1.14 bits per heavy atom. The molecule has 148 valence electrons. The van der Waals surface area contributed by atoms with Gasteiger partial charge in [0.1, 0.15) is 21.7 Å². The first-order valence-electron chi connectivity index (χ1n) is 9.61. The third-order valence-corrected chi connectivity index (χ3v) is 5.56. The first-order valence-corrected chi connectivity index (χ1v) is 10.4. The number of carboxylic acids is 1. The SMILES string of the molecule is CCCCCCOc1ccc(-c2nc(-c3ccccc3)c(C(=O)O)s2)cc1C#N. The second-order valence-corrected chi connectivity index (χ2v) is 7.60. The van der Waals surface area contributed by atoms with E-state index in [0.717, 1.165) is 36.2 Å². The van der Waals surface area contributed by atoms with Crippen LogP contribution in [0.4, 0.5) is 0 Å². The molecule has 0 atom stereocenters. The number of carboxylic acid groups (broad SMARTS) is 1. The van der Waals surface area contributed by atoms with Crippen LogP contribution in [0.1, 0.15) is 47.8 Å². The highest BCUT2D eigenvalue weighted by molar-refractivity contribution is 7.17. The van der Waals surface area contributed by atoms with E-state index in [4.69, 9.17) is 4.74 Å². The van der Waals surface area contributed by atoms with Crippen LogP contribution in [0.2, 0.25) is 0 Å². The van der Waals surface area contributed by atoms with Gasteiger partial charge in [-0.1, -0.05) is 56.5 Å². The number of aromatic nitrogens is 1. The molecule has 0 saturated heterocycles. The number of benzene rings is 2. The lowest BCUT2D eigenvalue weighted by molar-refractivity contribution is 0.0702. The second-order valence-electron chi connectivity index (χ2n) is 6.60. The topological polar surface area (TPSA) is 83.2 Å². The molecule has 1 aromatic heterocycles. The van der Waals surface area contributed by atoms with E-state index in [-0.39, 0.29) is 4.88 Å². The van der Waals surface area contributed by atoms with Crippen LogP contribution in [-0.2, 0) is 0 Å². The van der Waals surface area contributed by atoms with E-state index < -0.39 is 5.97 Å². The monoisotopic (exact) mass is 406 g/mol. The highest BCUT2D eigenvalue weighted by Crippen LogP contribution is 2.35. The lowest BCUT2D eigenvalue weighted by Crippen LogP contribution is -1.99. The third-order valence-electron chi connectivity index (χ3n) is 4.47. The van der Waals surface area contributed by atoms with Crippen LogP contribution in [0.3, 0.4) is 0 Å². The molecular weight excluding hydrogens is 384 g/mol. The Morgan fingerprint density at radius 3 is 2.62 bits per heavy atom. The summed E-state index contributed by atoms with van der Waals surface area (Å²) in [6, 6.07) is 16.7. The molecule has 2 aromatic carbocycles. The zero-order chi connectivity index (χ0) is 20.6.